The average Bonchev–Trinajstić information content (AvgIpc) is 2.41. The maximum atomic E-state index is 5.65. The molecule has 0 bridgehead atoms. The zero-order chi connectivity index (χ0) is 14.5. The first kappa shape index (κ1) is 15.3. The SMILES string of the molecule is CCOC1CC(CC(NC)c2cc(C)ccc2OC)C1. The Morgan fingerprint density at radius 1 is 1.35 bits per heavy atom. The fourth-order valence-corrected chi connectivity index (χ4v) is 3.10. The lowest BCUT2D eigenvalue weighted by molar-refractivity contribution is -0.0290. The van der Waals surface area contributed by atoms with E-state index in [9.17, 15) is 0 Å². The molecule has 0 spiro atoms. The summed E-state index contributed by atoms with van der Waals surface area (Å²) in [7, 11) is 3.78. The lowest BCUT2D eigenvalue weighted by Crippen LogP contribution is -2.34. The molecule has 0 aliphatic heterocycles. The van der Waals surface area contributed by atoms with Crippen molar-refractivity contribution in [1.82, 2.24) is 5.32 Å². The molecule has 1 fully saturated rings. The van der Waals surface area contributed by atoms with E-state index in [2.05, 4.69) is 37.4 Å². The van der Waals surface area contributed by atoms with Crippen molar-refractivity contribution in [3.8, 4) is 5.75 Å². The van der Waals surface area contributed by atoms with E-state index in [0.29, 0.717) is 12.1 Å². The number of hydrogen-bond acceptors (Lipinski definition) is 3. The highest BCUT2D eigenvalue weighted by molar-refractivity contribution is 5.39. The molecule has 1 aromatic carbocycles. The molecule has 112 valence electrons. The molecule has 1 saturated carbocycles. The lowest BCUT2D eigenvalue weighted by atomic mass is 9.77. The van der Waals surface area contributed by atoms with Crippen molar-refractivity contribution in [3.05, 3.63) is 29.3 Å². The second-order valence-electron chi connectivity index (χ2n) is 5.74. The van der Waals surface area contributed by atoms with E-state index in [1.165, 1.54) is 24.0 Å². The number of methoxy groups -OCH3 is 1. The maximum Gasteiger partial charge on any atom is 0.123 e. The Labute approximate surface area is 122 Å². The minimum Gasteiger partial charge on any atom is -0.496 e. The van der Waals surface area contributed by atoms with Gasteiger partial charge in [-0.1, -0.05) is 17.7 Å². The highest BCUT2D eigenvalue weighted by atomic mass is 16.5. The van der Waals surface area contributed by atoms with E-state index >= 15 is 0 Å². The topological polar surface area (TPSA) is 30.5 Å². The summed E-state index contributed by atoms with van der Waals surface area (Å²) in [5.41, 5.74) is 2.55. The van der Waals surface area contributed by atoms with Crippen LogP contribution in [0.15, 0.2) is 18.2 Å². The number of benzene rings is 1. The highest BCUT2D eigenvalue weighted by Gasteiger charge is 2.32. The third-order valence-electron chi connectivity index (χ3n) is 4.27. The summed E-state index contributed by atoms with van der Waals surface area (Å²) in [6, 6.07) is 6.76. The Morgan fingerprint density at radius 3 is 2.70 bits per heavy atom. The van der Waals surface area contributed by atoms with Gasteiger partial charge in [0.25, 0.3) is 0 Å². The van der Waals surface area contributed by atoms with E-state index in [1.807, 2.05) is 7.05 Å². The molecule has 0 heterocycles. The Kier molecular flexibility index (Phi) is 5.44. The van der Waals surface area contributed by atoms with Gasteiger partial charge in [-0.3, -0.25) is 0 Å². The third-order valence-corrected chi connectivity index (χ3v) is 4.27. The van der Waals surface area contributed by atoms with Gasteiger partial charge in [-0.25, -0.2) is 0 Å². The van der Waals surface area contributed by atoms with Gasteiger partial charge in [0.15, 0.2) is 0 Å². The van der Waals surface area contributed by atoms with Crippen LogP contribution in [0.5, 0.6) is 5.75 Å². The van der Waals surface area contributed by atoms with Gasteiger partial charge in [0.05, 0.1) is 13.2 Å². The summed E-state index contributed by atoms with van der Waals surface area (Å²) in [6.45, 7) is 5.03. The monoisotopic (exact) mass is 277 g/mol. The summed E-state index contributed by atoms with van der Waals surface area (Å²) < 4.78 is 11.2. The molecule has 1 aromatic rings. The number of hydrogen-bond donors (Lipinski definition) is 1. The zero-order valence-electron chi connectivity index (χ0n) is 13.1. The molecule has 0 radical (unpaired) electrons. The quantitative estimate of drug-likeness (QED) is 0.828. The Balaban J connectivity index is 2.00. The Morgan fingerprint density at radius 2 is 2.10 bits per heavy atom. The molecule has 20 heavy (non-hydrogen) atoms. The van der Waals surface area contributed by atoms with E-state index in [4.69, 9.17) is 9.47 Å². The zero-order valence-corrected chi connectivity index (χ0v) is 13.1. The van der Waals surface area contributed by atoms with Gasteiger partial charge in [-0.15, -0.1) is 0 Å². The standard InChI is InChI=1S/C17H27NO2/c1-5-20-14-9-13(10-14)11-16(18-3)15-8-12(2)6-7-17(15)19-4/h6-8,13-14,16,18H,5,9-11H2,1-4H3. The van der Waals surface area contributed by atoms with Crippen LogP contribution in [-0.2, 0) is 4.74 Å². The molecule has 2 rings (SSSR count). The normalized spacial score (nSPS) is 23.2. The van der Waals surface area contributed by atoms with Crippen molar-refractivity contribution < 1.29 is 9.47 Å². The first-order chi connectivity index (χ1) is 9.67. The predicted octanol–water partition coefficient (Wildman–Crippen LogP) is 3.47. The molecule has 1 atom stereocenters. The summed E-state index contributed by atoms with van der Waals surface area (Å²) >= 11 is 0. The van der Waals surface area contributed by atoms with Gasteiger partial charge < -0.3 is 14.8 Å². The summed E-state index contributed by atoms with van der Waals surface area (Å²) in [4.78, 5) is 0. The van der Waals surface area contributed by atoms with Crippen molar-refractivity contribution in [2.75, 3.05) is 20.8 Å². The average molecular weight is 277 g/mol. The van der Waals surface area contributed by atoms with Crippen LogP contribution in [0.4, 0.5) is 0 Å². The summed E-state index contributed by atoms with van der Waals surface area (Å²) in [5, 5.41) is 3.45. The first-order valence-corrected chi connectivity index (χ1v) is 7.61. The van der Waals surface area contributed by atoms with Gasteiger partial charge >= 0.3 is 0 Å². The number of nitrogens with one attached hydrogen (secondary N) is 1. The molecule has 0 amide bonds. The van der Waals surface area contributed by atoms with Crippen LogP contribution in [0.1, 0.15) is 43.4 Å². The van der Waals surface area contributed by atoms with Gasteiger partial charge in [0, 0.05) is 18.2 Å². The lowest BCUT2D eigenvalue weighted by Gasteiger charge is -2.37. The molecule has 1 unspecified atom stereocenters. The third kappa shape index (κ3) is 3.53. The summed E-state index contributed by atoms with van der Waals surface area (Å²) in [6.07, 6.45) is 4.03. The van der Waals surface area contributed by atoms with Gasteiger partial charge in [0.1, 0.15) is 5.75 Å². The van der Waals surface area contributed by atoms with Crippen molar-refractivity contribution >= 4 is 0 Å². The maximum absolute atomic E-state index is 5.65. The minimum absolute atomic E-state index is 0.359. The Bertz CT molecular complexity index is 427. The van der Waals surface area contributed by atoms with Crippen molar-refractivity contribution in [3.63, 3.8) is 0 Å². The number of rotatable bonds is 7. The van der Waals surface area contributed by atoms with Crippen LogP contribution < -0.4 is 10.1 Å². The van der Waals surface area contributed by atoms with E-state index in [1.54, 1.807) is 7.11 Å². The molecule has 1 aliphatic carbocycles. The highest BCUT2D eigenvalue weighted by Crippen LogP contribution is 2.38. The van der Waals surface area contributed by atoms with Gasteiger partial charge in [0.2, 0.25) is 0 Å². The van der Waals surface area contributed by atoms with E-state index in [0.717, 1.165) is 24.7 Å². The second-order valence-corrected chi connectivity index (χ2v) is 5.74. The Hall–Kier alpha value is -1.06. The number of ether oxygens (including phenoxy) is 2. The minimum atomic E-state index is 0.359. The molecule has 3 heteroatoms. The number of aryl methyl sites for hydroxylation is 1. The van der Waals surface area contributed by atoms with Crippen LogP contribution >= 0.6 is 0 Å². The first-order valence-electron chi connectivity index (χ1n) is 7.61. The largest absolute Gasteiger partial charge is 0.496 e. The van der Waals surface area contributed by atoms with Crippen LogP contribution in [0.25, 0.3) is 0 Å². The van der Waals surface area contributed by atoms with Crippen LogP contribution in [0, 0.1) is 12.8 Å². The van der Waals surface area contributed by atoms with E-state index in [-0.39, 0.29) is 0 Å². The van der Waals surface area contributed by atoms with Crippen molar-refractivity contribution in [2.45, 2.75) is 45.3 Å². The molecule has 1 aliphatic rings. The smallest absolute Gasteiger partial charge is 0.123 e. The molecule has 3 nitrogen and oxygen atoms in total. The van der Waals surface area contributed by atoms with Crippen LogP contribution in [0.3, 0.4) is 0 Å². The van der Waals surface area contributed by atoms with Gasteiger partial charge in [-0.2, -0.15) is 0 Å². The molecule has 1 N–H and O–H groups in total. The molecular formula is C17H27NO2. The van der Waals surface area contributed by atoms with Crippen molar-refractivity contribution in [2.24, 2.45) is 5.92 Å². The fraction of sp³-hybridized carbons (Fsp3) is 0.647. The van der Waals surface area contributed by atoms with Crippen LogP contribution in [0.2, 0.25) is 0 Å². The summed E-state index contributed by atoms with van der Waals surface area (Å²) in [5.74, 6) is 1.74. The molecular weight excluding hydrogens is 250 g/mol. The van der Waals surface area contributed by atoms with Gasteiger partial charge in [-0.05, 0) is 52.1 Å². The second kappa shape index (κ2) is 7.09. The van der Waals surface area contributed by atoms with E-state index < -0.39 is 0 Å². The predicted molar refractivity (Wildman–Crippen MR) is 82.3 cm³/mol. The fourth-order valence-electron chi connectivity index (χ4n) is 3.10. The van der Waals surface area contributed by atoms with Crippen LogP contribution in [-0.4, -0.2) is 26.9 Å². The molecule has 0 saturated heterocycles. The molecule has 0 aromatic heterocycles. The van der Waals surface area contributed by atoms with Crippen molar-refractivity contribution in [1.29, 1.82) is 0 Å².